The van der Waals surface area contributed by atoms with Crippen LogP contribution in [0.4, 0.5) is 0 Å². The summed E-state index contributed by atoms with van der Waals surface area (Å²) in [7, 11) is 0. The maximum absolute atomic E-state index is 5.92. The number of hydrogen-bond donors (Lipinski definition) is 0. The molecule has 0 amide bonds. The Labute approximate surface area is 128 Å². The van der Waals surface area contributed by atoms with Gasteiger partial charge in [-0.05, 0) is 41.5 Å². The van der Waals surface area contributed by atoms with Crippen LogP contribution in [0.25, 0.3) is 0 Å². The van der Waals surface area contributed by atoms with Gasteiger partial charge in [0.05, 0.1) is 0 Å². The maximum atomic E-state index is 5.92. The van der Waals surface area contributed by atoms with Crippen LogP contribution in [0, 0.1) is 6.92 Å². The van der Waals surface area contributed by atoms with Crippen molar-refractivity contribution in [3.8, 4) is 0 Å². The number of hydrogen-bond acceptors (Lipinski definition) is 0. The molecule has 0 aliphatic carbocycles. The number of aryl methyl sites for hydroxylation is 1. The lowest BCUT2D eigenvalue weighted by Gasteiger charge is -2.07. The second-order valence-electron chi connectivity index (χ2n) is 5.69. The molecule has 0 heterocycles. The molecule has 0 saturated carbocycles. The minimum atomic E-state index is 0.522. The van der Waals surface area contributed by atoms with Gasteiger partial charge in [0, 0.05) is 5.02 Å². The molecule has 2 rings (SSSR count). The zero-order valence-corrected chi connectivity index (χ0v) is 13.9. The normalized spacial score (nSPS) is 10.4. The SMILES string of the molecule is CC(C)c1ccccc1Cl.Cc1ccccc1C(C)C. The van der Waals surface area contributed by atoms with Crippen LogP contribution in [0.2, 0.25) is 5.02 Å². The molecule has 20 heavy (non-hydrogen) atoms. The lowest BCUT2D eigenvalue weighted by molar-refractivity contribution is 0.856. The first-order chi connectivity index (χ1) is 9.43. The van der Waals surface area contributed by atoms with E-state index in [0.29, 0.717) is 11.8 Å². The van der Waals surface area contributed by atoms with E-state index in [0.717, 1.165) is 5.02 Å². The molecule has 1 heteroatoms. The van der Waals surface area contributed by atoms with Gasteiger partial charge in [0.2, 0.25) is 0 Å². The van der Waals surface area contributed by atoms with Crippen molar-refractivity contribution in [1.29, 1.82) is 0 Å². The molecule has 0 bridgehead atoms. The summed E-state index contributed by atoms with van der Waals surface area (Å²) in [6.45, 7) is 10.9. The Morgan fingerprint density at radius 3 is 1.50 bits per heavy atom. The van der Waals surface area contributed by atoms with Crippen LogP contribution < -0.4 is 0 Å². The lowest BCUT2D eigenvalue weighted by Crippen LogP contribution is -1.89. The summed E-state index contributed by atoms with van der Waals surface area (Å²) in [6, 6.07) is 16.5. The van der Waals surface area contributed by atoms with E-state index in [2.05, 4.69) is 65.0 Å². The monoisotopic (exact) mass is 288 g/mol. The first-order valence-corrected chi connectivity index (χ1v) is 7.61. The van der Waals surface area contributed by atoms with Gasteiger partial charge in [-0.25, -0.2) is 0 Å². The number of rotatable bonds is 2. The van der Waals surface area contributed by atoms with Crippen molar-refractivity contribution in [2.45, 2.75) is 46.5 Å². The molecule has 2 aromatic carbocycles. The summed E-state index contributed by atoms with van der Waals surface area (Å²) < 4.78 is 0. The molecule has 0 atom stereocenters. The first kappa shape index (κ1) is 16.8. The van der Waals surface area contributed by atoms with Gasteiger partial charge in [-0.2, -0.15) is 0 Å². The van der Waals surface area contributed by atoms with E-state index < -0.39 is 0 Å². The molecule has 0 nitrogen and oxygen atoms in total. The van der Waals surface area contributed by atoms with E-state index in [1.165, 1.54) is 16.7 Å². The molecule has 108 valence electrons. The molecule has 0 aliphatic rings. The second-order valence-corrected chi connectivity index (χ2v) is 6.09. The number of benzene rings is 2. The maximum Gasteiger partial charge on any atom is 0.0440 e. The van der Waals surface area contributed by atoms with Gasteiger partial charge in [0.25, 0.3) is 0 Å². The highest BCUT2D eigenvalue weighted by Crippen LogP contribution is 2.22. The second kappa shape index (κ2) is 8.11. The van der Waals surface area contributed by atoms with E-state index >= 15 is 0 Å². The van der Waals surface area contributed by atoms with Gasteiger partial charge in [0.15, 0.2) is 0 Å². The van der Waals surface area contributed by atoms with E-state index in [9.17, 15) is 0 Å². The zero-order valence-electron chi connectivity index (χ0n) is 13.2. The Hall–Kier alpha value is -1.27. The van der Waals surface area contributed by atoms with Crippen molar-refractivity contribution < 1.29 is 0 Å². The molecular formula is C19H25Cl. The molecule has 2 aromatic rings. The van der Waals surface area contributed by atoms with E-state index in [1.54, 1.807) is 0 Å². The van der Waals surface area contributed by atoms with Crippen molar-refractivity contribution in [3.05, 3.63) is 70.2 Å². The van der Waals surface area contributed by atoms with Crippen molar-refractivity contribution in [2.75, 3.05) is 0 Å². The third kappa shape index (κ3) is 5.02. The van der Waals surface area contributed by atoms with Crippen LogP contribution in [-0.2, 0) is 0 Å². The number of halogens is 1. The zero-order chi connectivity index (χ0) is 15.1. The minimum absolute atomic E-state index is 0.522. The Kier molecular flexibility index (Phi) is 6.81. The van der Waals surface area contributed by atoms with E-state index in [4.69, 9.17) is 11.6 Å². The van der Waals surface area contributed by atoms with Gasteiger partial charge < -0.3 is 0 Å². The molecule has 0 aliphatic heterocycles. The van der Waals surface area contributed by atoms with Crippen molar-refractivity contribution in [1.82, 2.24) is 0 Å². The quantitative estimate of drug-likeness (QED) is 0.585. The highest BCUT2D eigenvalue weighted by Gasteiger charge is 2.01. The van der Waals surface area contributed by atoms with Gasteiger partial charge in [-0.1, -0.05) is 81.8 Å². The van der Waals surface area contributed by atoms with Gasteiger partial charge in [-0.3, -0.25) is 0 Å². The summed E-state index contributed by atoms with van der Waals surface area (Å²) in [6.07, 6.45) is 0. The summed E-state index contributed by atoms with van der Waals surface area (Å²) in [5, 5.41) is 0.873. The van der Waals surface area contributed by atoms with Crippen LogP contribution in [0.5, 0.6) is 0 Å². The Morgan fingerprint density at radius 2 is 1.15 bits per heavy atom. The summed E-state index contributed by atoms with van der Waals surface area (Å²) >= 11 is 5.92. The van der Waals surface area contributed by atoms with Gasteiger partial charge in [0.1, 0.15) is 0 Å². The van der Waals surface area contributed by atoms with Gasteiger partial charge in [-0.15, -0.1) is 0 Å². The highest BCUT2D eigenvalue weighted by molar-refractivity contribution is 6.31. The fourth-order valence-corrected chi connectivity index (χ4v) is 2.53. The average Bonchev–Trinajstić information content (AvgIpc) is 2.40. The van der Waals surface area contributed by atoms with Crippen LogP contribution >= 0.6 is 11.6 Å². The molecule has 0 fully saturated rings. The molecule has 0 N–H and O–H groups in total. The average molecular weight is 289 g/mol. The molecule has 0 unspecified atom stereocenters. The minimum Gasteiger partial charge on any atom is -0.0840 e. The predicted molar refractivity (Wildman–Crippen MR) is 90.8 cm³/mol. The van der Waals surface area contributed by atoms with Crippen LogP contribution in [0.1, 0.15) is 56.2 Å². The van der Waals surface area contributed by atoms with Crippen molar-refractivity contribution >= 4 is 11.6 Å². The van der Waals surface area contributed by atoms with Crippen molar-refractivity contribution in [3.63, 3.8) is 0 Å². The molecule has 0 radical (unpaired) electrons. The summed E-state index contributed by atoms with van der Waals surface area (Å²) in [4.78, 5) is 0. The van der Waals surface area contributed by atoms with Crippen LogP contribution in [-0.4, -0.2) is 0 Å². The largest absolute Gasteiger partial charge is 0.0840 e. The molecular weight excluding hydrogens is 264 g/mol. The summed E-state index contributed by atoms with van der Waals surface area (Å²) in [5.41, 5.74) is 4.09. The smallest absolute Gasteiger partial charge is 0.0440 e. The molecule has 0 spiro atoms. The Morgan fingerprint density at radius 1 is 0.700 bits per heavy atom. The first-order valence-electron chi connectivity index (χ1n) is 7.23. The van der Waals surface area contributed by atoms with E-state index in [-0.39, 0.29) is 0 Å². The highest BCUT2D eigenvalue weighted by atomic mass is 35.5. The fourth-order valence-electron chi connectivity index (χ4n) is 2.18. The van der Waals surface area contributed by atoms with E-state index in [1.807, 2.05) is 18.2 Å². The lowest BCUT2D eigenvalue weighted by atomic mass is 9.99. The topological polar surface area (TPSA) is 0 Å². The Bertz CT molecular complexity index is 477. The third-order valence-electron chi connectivity index (χ3n) is 3.34. The molecule has 0 saturated heterocycles. The Balaban J connectivity index is 0.000000200. The fraction of sp³-hybridized carbons (Fsp3) is 0.368. The van der Waals surface area contributed by atoms with Crippen LogP contribution in [0.15, 0.2) is 48.5 Å². The van der Waals surface area contributed by atoms with Gasteiger partial charge >= 0.3 is 0 Å². The predicted octanol–water partition coefficient (Wildman–Crippen LogP) is 6.58. The third-order valence-corrected chi connectivity index (χ3v) is 3.68. The standard InChI is InChI=1S/C10H14.C9H11Cl/c1-8(2)10-7-5-4-6-9(10)3;1-7(2)8-5-3-4-6-9(8)10/h4-8H,1-3H3;3-7H,1-2H3. The molecule has 0 aromatic heterocycles. The van der Waals surface area contributed by atoms with Crippen LogP contribution in [0.3, 0.4) is 0 Å². The van der Waals surface area contributed by atoms with Crippen molar-refractivity contribution in [2.24, 2.45) is 0 Å². The summed E-state index contributed by atoms with van der Waals surface area (Å²) in [5.74, 6) is 1.18.